The molecule has 0 aromatic heterocycles. The minimum Gasteiger partial charge on any atom is -0.327 e. The summed E-state index contributed by atoms with van der Waals surface area (Å²) in [5, 5.41) is 0. The summed E-state index contributed by atoms with van der Waals surface area (Å²) in [5.74, 6) is 1.28. The number of ketones is 1. The molecule has 2 saturated carbocycles. The van der Waals surface area contributed by atoms with Crippen molar-refractivity contribution in [2.24, 2.45) is 28.9 Å². The number of carbonyl (C=O) groups is 1. The third kappa shape index (κ3) is 1.84. The molecule has 0 radical (unpaired) electrons. The van der Waals surface area contributed by atoms with Crippen LogP contribution in [-0.2, 0) is 4.79 Å². The molecule has 2 rings (SSSR count). The van der Waals surface area contributed by atoms with Crippen LogP contribution in [0.15, 0.2) is 0 Å². The van der Waals surface area contributed by atoms with E-state index in [0.717, 1.165) is 12.8 Å². The van der Waals surface area contributed by atoms with Crippen LogP contribution in [0.5, 0.6) is 0 Å². The Hall–Kier alpha value is -0.370. The molecule has 2 nitrogen and oxygen atoms in total. The van der Waals surface area contributed by atoms with Gasteiger partial charge in [0.2, 0.25) is 0 Å². The standard InChI is InChI=1S/C13H23NO/c1-8-11(14)9-4-6-13(2,3)7-5-10(9)12(8)15/h8-11H,4-7,14H2,1-3H3/t8-,9?,10?,11?/m0/s1. The number of hydrogen-bond donors (Lipinski definition) is 1. The highest BCUT2D eigenvalue weighted by Gasteiger charge is 2.47. The van der Waals surface area contributed by atoms with Crippen molar-refractivity contribution in [3.8, 4) is 0 Å². The molecule has 2 N–H and O–H groups in total. The Bertz CT molecular complexity index is 272. The Morgan fingerprint density at radius 3 is 2.53 bits per heavy atom. The zero-order valence-electron chi connectivity index (χ0n) is 10.1. The molecule has 0 bridgehead atoms. The maximum Gasteiger partial charge on any atom is 0.140 e. The van der Waals surface area contributed by atoms with Gasteiger partial charge in [-0.3, -0.25) is 4.79 Å². The van der Waals surface area contributed by atoms with Gasteiger partial charge in [-0.2, -0.15) is 0 Å². The van der Waals surface area contributed by atoms with Crippen molar-refractivity contribution >= 4 is 5.78 Å². The zero-order valence-corrected chi connectivity index (χ0v) is 10.1. The molecule has 0 heterocycles. The third-order valence-corrected chi connectivity index (χ3v) is 4.69. The molecule has 0 spiro atoms. The van der Waals surface area contributed by atoms with Crippen molar-refractivity contribution in [2.75, 3.05) is 0 Å². The van der Waals surface area contributed by atoms with Crippen LogP contribution in [0.4, 0.5) is 0 Å². The average Bonchev–Trinajstić information content (AvgIpc) is 2.34. The topological polar surface area (TPSA) is 43.1 Å². The minimum atomic E-state index is 0.0983. The molecule has 2 aliphatic carbocycles. The molecule has 2 fully saturated rings. The summed E-state index contributed by atoms with van der Waals surface area (Å²) in [7, 11) is 0. The normalized spacial score (nSPS) is 44.9. The van der Waals surface area contributed by atoms with Gasteiger partial charge in [0.1, 0.15) is 5.78 Å². The van der Waals surface area contributed by atoms with Crippen molar-refractivity contribution in [1.82, 2.24) is 0 Å². The van der Waals surface area contributed by atoms with Gasteiger partial charge in [0, 0.05) is 17.9 Å². The first-order chi connectivity index (χ1) is 6.92. The van der Waals surface area contributed by atoms with Crippen LogP contribution < -0.4 is 5.73 Å². The van der Waals surface area contributed by atoms with Crippen molar-refractivity contribution in [2.45, 2.75) is 52.5 Å². The van der Waals surface area contributed by atoms with Crippen molar-refractivity contribution in [1.29, 1.82) is 0 Å². The third-order valence-electron chi connectivity index (χ3n) is 4.69. The Labute approximate surface area is 92.6 Å². The highest BCUT2D eigenvalue weighted by atomic mass is 16.1. The summed E-state index contributed by atoms with van der Waals surface area (Å²) in [6.07, 6.45) is 4.62. The Balaban J connectivity index is 2.17. The quantitative estimate of drug-likeness (QED) is 0.665. The predicted molar refractivity (Wildman–Crippen MR) is 61.4 cm³/mol. The largest absolute Gasteiger partial charge is 0.327 e. The van der Waals surface area contributed by atoms with E-state index in [9.17, 15) is 4.79 Å². The van der Waals surface area contributed by atoms with E-state index >= 15 is 0 Å². The zero-order chi connectivity index (χ0) is 11.2. The summed E-state index contributed by atoms with van der Waals surface area (Å²) < 4.78 is 0. The lowest BCUT2D eigenvalue weighted by Crippen LogP contribution is -2.31. The first kappa shape index (κ1) is 11.1. The molecular weight excluding hydrogens is 186 g/mol. The Morgan fingerprint density at radius 1 is 1.27 bits per heavy atom. The molecular formula is C13H23NO. The number of rotatable bonds is 0. The van der Waals surface area contributed by atoms with Crippen LogP contribution in [0.3, 0.4) is 0 Å². The van der Waals surface area contributed by atoms with Gasteiger partial charge in [-0.1, -0.05) is 20.8 Å². The summed E-state index contributed by atoms with van der Waals surface area (Å²) >= 11 is 0. The first-order valence-electron chi connectivity index (χ1n) is 6.22. The van der Waals surface area contributed by atoms with E-state index in [-0.39, 0.29) is 17.9 Å². The fourth-order valence-electron chi connectivity index (χ4n) is 3.36. The fraction of sp³-hybridized carbons (Fsp3) is 0.923. The van der Waals surface area contributed by atoms with E-state index in [4.69, 9.17) is 5.73 Å². The summed E-state index contributed by atoms with van der Waals surface area (Å²) in [4.78, 5) is 12.0. The summed E-state index contributed by atoms with van der Waals surface area (Å²) in [6.45, 7) is 6.63. The van der Waals surface area contributed by atoms with E-state index in [1.807, 2.05) is 6.92 Å². The maximum atomic E-state index is 12.0. The average molecular weight is 209 g/mol. The second-order valence-electron chi connectivity index (χ2n) is 6.28. The van der Waals surface area contributed by atoms with Gasteiger partial charge in [0.25, 0.3) is 0 Å². The molecule has 2 heteroatoms. The molecule has 0 aromatic carbocycles. The van der Waals surface area contributed by atoms with Crippen LogP contribution in [0.25, 0.3) is 0 Å². The highest BCUT2D eigenvalue weighted by Crippen LogP contribution is 2.45. The molecule has 15 heavy (non-hydrogen) atoms. The van der Waals surface area contributed by atoms with Crippen molar-refractivity contribution < 1.29 is 4.79 Å². The van der Waals surface area contributed by atoms with Crippen LogP contribution >= 0.6 is 0 Å². The van der Waals surface area contributed by atoms with Crippen molar-refractivity contribution in [3.63, 3.8) is 0 Å². The van der Waals surface area contributed by atoms with Gasteiger partial charge in [0.05, 0.1) is 0 Å². The summed E-state index contributed by atoms with van der Waals surface area (Å²) in [6, 6.07) is 0.122. The van der Waals surface area contributed by atoms with E-state index in [1.165, 1.54) is 12.8 Å². The van der Waals surface area contributed by atoms with Gasteiger partial charge in [0.15, 0.2) is 0 Å². The second kappa shape index (κ2) is 3.58. The second-order valence-corrected chi connectivity index (χ2v) is 6.28. The molecule has 86 valence electrons. The SMILES string of the molecule is C[C@@H]1C(=O)C2CCC(C)(C)CCC2C1N. The number of nitrogens with two attached hydrogens (primary N) is 1. The Kier molecular flexibility index (Phi) is 2.66. The van der Waals surface area contributed by atoms with Gasteiger partial charge >= 0.3 is 0 Å². The van der Waals surface area contributed by atoms with Crippen LogP contribution in [0.1, 0.15) is 46.5 Å². The molecule has 0 aliphatic heterocycles. The molecule has 2 aliphatic rings. The molecule has 0 amide bonds. The number of carbonyl (C=O) groups excluding carboxylic acids is 1. The van der Waals surface area contributed by atoms with E-state index in [2.05, 4.69) is 13.8 Å². The van der Waals surface area contributed by atoms with E-state index in [1.54, 1.807) is 0 Å². The molecule has 0 saturated heterocycles. The van der Waals surface area contributed by atoms with E-state index < -0.39 is 0 Å². The molecule has 0 aromatic rings. The van der Waals surface area contributed by atoms with Crippen LogP contribution in [0, 0.1) is 23.2 Å². The lowest BCUT2D eigenvalue weighted by Gasteiger charge is -2.23. The van der Waals surface area contributed by atoms with Gasteiger partial charge in [-0.25, -0.2) is 0 Å². The smallest absolute Gasteiger partial charge is 0.140 e. The monoisotopic (exact) mass is 209 g/mol. The lowest BCUT2D eigenvalue weighted by molar-refractivity contribution is -0.124. The number of hydrogen-bond acceptors (Lipinski definition) is 2. The van der Waals surface area contributed by atoms with Gasteiger partial charge in [-0.15, -0.1) is 0 Å². The van der Waals surface area contributed by atoms with E-state index in [0.29, 0.717) is 17.1 Å². The first-order valence-corrected chi connectivity index (χ1v) is 6.22. The maximum absolute atomic E-state index is 12.0. The van der Waals surface area contributed by atoms with Crippen molar-refractivity contribution in [3.05, 3.63) is 0 Å². The molecule has 3 unspecified atom stereocenters. The number of Topliss-reactive ketones (excluding diaryl/α,β-unsaturated/α-hetero) is 1. The minimum absolute atomic E-state index is 0.0983. The predicted octanol–water partition coefficient (Wildman–Crippen LogP) is 2.37. The highest BCUT2D eigenvalue weighted by molar-refractivity contribution is 5.86. The lowest BCUT2D eigenvalue weighted by atomic mass is 9.83. The van der Waals surface area contributed by atoms with Crippen LogP contribution in [-0.4, -0.2) is 11.8 Å². The Morgan fingerprint density at radius 2 is 1.87 bits per heavy atom. The number of fused-ring (bicyclic) bond motifs is 1. The summed E-state index contributed by atoms with van der Waals surface area (Å²) in [5.41, 5.74) is 6.57. The van der Waals surface area contributed by atoms with Gasteiger partial charge < -0.3 is 5.73 Å². The molecule has 4 atom stereocenters. The van der Waals surface area contributed by atoms with Crippen LogP contribution in [0.2, 0.25) is 0 Å². The van der Waals surface area contributed by atoms with Gasteiger partial charge in [-0.05, 0) is 37.0 Å². The fourth-order valence-corrected chi connectivity index (χ4v) is 3.36.